The van der Waals surface area contributed by atoms with Crippen molar-refractivity contribution in [3.8, 4) is 22.6 Å². The lowest BCUT2D eigenvalue weighted by molar-refractivity contribution is 0.404. The van der Waals surface area contributed by atoms with Gasteiger partial charge in [0.1, 0.15) is 11.5 Å². The SMILES string of the molecule is COc1ccc(OC)c(-c2ccccc2P(C(C)(C)C)C(C)(C)C)c1. The lowest BCUT2D eigenvalue weighted by Gasteiger charge is -2.42. The maximum Gasteiger partial charge on any atom is 0.126 e. The van der Waals surface area contributed by atoms with Gasteiger partial charge in [-0.1, -0.05) is 73.7 Å². The minimum atomic E-state index is -0.410. The van der Waals surface area contributed by atoms with Gasteiger partial charge in [-0.25, -0.2) is 0 Å². The summed E-state index contributed by atoms with van der Waals surface area (Å²) in [5.41, 5.74) is 2.34. The van der Waals surface area contributed by atoms with Gasteiger partial charge in [0.2, 0.25) is 0 Å². The van der Waals surface area contributed by atoms with E-state index < -0.39 is 7.92 Å². The zero-order valence-electron chi connectivity index (χ0n) is 16.8. The predicted octanol–water partition coefficient (Wildman–Crippen LogP) is 6.08. The Morgan fingerprint density at radius 1 is 0.720 bits per heavy atom. The van der Waals surface area contributed by atoms with Gasteiger partial charge < -0.3 is 9.47 Å². The molecular weight excluding hydrogens is 327 g/mol. The molecule has 136 valence electrons. The van der Waals surface area contributed by atoms with Gasteiger partial charge in [-0.3, -0.25) is 0 Å². The Bertz CT molecular complexity index is 710. The lowest BCUT2D eigenvalue weighted by atomic mass is 10.0. The third-order valence-corrected chi connectivity index (χ3v) is 7.74. The van der Waals surface area contributed by atoms with Gasteiger partial charge in [-0.2, -0.15) is 0 Å². The molecule has 0 aliphatic carbocycles. The van der Waals surface area contributed by atoms with E-state index >= 15 is 0 Å². The van der Waals surface area contributed by atoms with Crippen molar-refractivity contribution in [3.05, 3.63) is 42.5 Å². The lowest BCUT2D eigenvalue weighted by Crippen LogP contribution is -2.31. The molecule has 0 aliphatic rings. The van der Waals surface area contributed by atoms with Crippen LogP contribution in [0.4, 0.5) is 0 Å². The molecule has 0 saturated heterocycles. The summed E-state index contributed by atoms with van der Waals surface area (Å²) in [5.74, 6) is 1.73. The average molecular weight is 358 g/mol. The second-order valence-corrected chi connectivity index (χ2v) is 12.1. The van der Waals surface area contributed by atoms with Crippen LogP contribution in [0.3, 0.4) is 0 Å². The molecule has 0 spiro atoms. The Labute approximate surface area is 154 Å². The first kappa shape index (κ1) is 19.8. The van der Waals surface area contributed by atoms with E-state index in [-0.39, 0.29) is 10.3 Å². The molecule has 0 saturated carbocycles. The van der Waals surface area contributed by atoms with Gasteiger partial charge in [0, 0.05) is 5.56 Å². The van der Waals surface area contributed by atoms with Crippen LogP contribution in [0.2, 0.25) is 0 Å². The third-order valence-electron chi connectivity index (χ3n) is 4.18. The Kier molecular flexibility index (Phi) is 5.84. The first-order chi connectivity index (χ1) is 11.6. The Balaban J connectivity index is 2.74. The minimum Gasteiger partial charge on any atom is -0.497 e. The highest BCUT2D eigenvalue weighted by Gasteiger charge is 2.37. The average Bonchev–Trinajstić information content (AvgIpc) is 2.52. The Hall–Kier alpha value is -1.53. The number of benzene rings is 2. The van der Waals surface area contributed by atoms with Gasteiger partial charge in [-0.05, 0) is 39.4 Å². The molecule has 0 radical (unpaired) electrons. The van der Waals surface area contributed by atoms with Crippen molar-refractivity contribution in [2.45, 2.75) is 51.9 Å². The van der Waals surface area contributed by atoms with Gasteiger partial charge in [0.05, 0.1) is 14.2 Å². The van der Waals surface area contributed by atoms with Crippen LogP contribution in [0.1, 0.15) is 41.5 Å². The van der Waals surface area contributed by atoms with Crippen LogP contribution in [-0.4, -0.2) is 24.5 Å². The van der Waals surface area contributed by atoms with Crippen LogP contribution in [0.15, 0.2) is 42.5 Å². The zero-order chi connectivity index (χ0) is 18.8. The van der Waals surface area contributed by atoms with Crippen molar-refractivity contribution < 1.29 is 9.47 Å². The third kappa shape index (κ3) is 4.36. The largest absolute Gasteiger partial charge is 0.497 e. The summed E-state index contributed by atoms with van der Waals surface area (Å²) >= 11 is 0. The minimum absolute atomic E-state index is 0.204. The Morgan fingerprint density at radius 2 is 1.32 bits per heavy atom. The molecule has 0 aromatic heterocycles. The van der Waals surface area contributed by atoms with E-state index in [1.54, 1.807) is 14.2 Å². The van der Waals surface area contributed by atoms with Crippen molar-refractivity contribution in [1.29, 1.82) is 0 Å². The number of methoxy groups -OCH3 is 2. The van der Waals surface area contributed by atoms with Crippen LogP contribution >= 0.6 is 7.92 Å². The fourth-order valence-electron chi connectivity index (χ4n) is 3.65. The number of ether oxygens (including phenoxy) is 2. The smallest absolute Gasteiger partial charge is 0.126 e. The molecule has 0 fully saturated rings. The second kappa shape index (κ2) is 7.38. The summed E-state index contributed by atoms with van der Waals surface area (Å²) in [4.78, 5) is 0. The van der Waals surface area contributed by atoms with E-state index in [2.05, 4.69) is 71.9 Å². The summed E-state index contributed by atoms with van der Waals surface area (Å²) in [6, 6.07) is 14.8. The number of hydrogen-bond donors (Lipinski definition) is 0. The van der Waals surface area contributed by atoms with E-state index in [9.17, 15) is 0 Å². The monoisotopic (exact) mass is 358 g/mol. The standard InChI is InChI=1S/C22H31O2P/c1-21(2,3)25(22(4,5)6)20-12-10-9-11-17(20)18-15-16(23-7)13-14-19(18)24-8/h9-15H,1-8H3. The van der Waals surface area contributed by atoms with Gasteiger partial charge in [0.25, 0.3) is 0 Å². The van der Waals surface area contributed by atoms with E-state index in [1.165, 1.54) is 10.9 Å². The van der Waals surface area contributed by atoms with E-state index in [1.807, 2.05) is 12.1 Å². The molecule has 0 amide bonds. The molecular formula is C22H31O2P. The molecule has 25 heavy (non-hydrogen) atoms. The molecule has 3 heteroatoms. The molecule has 0 atom stereocenters. The topological polar surface area (TPSA) is 18.5 Å². The highest BCUT2D eigenvalue weighted by molar-refractivity contribution is 7.68. The van der Waals surface area contributed by atoms with Crippen LogP contribution < -0.4 is 14.8 Å². The van der Waals surface area contributed by atoms with Gasteiger partial charge in [0.15, 0.2) is 0 Å². The summed E-state index contributed by atoms with van der Waals surface area (Å²) in [6.07, 6.45) is 0. The van der Waals surface area contributed by atoms with Crippen LogP contribution in [0.5, 0.6) is 11.5 Å². The first-order valence-corrected chi connectivity index (χ1v) is 10.1. The summed E-state index contributed by atoms with van der Waals surface area (Å²) in [7, 11) is 3.02. The van der Waals surface area contributed by atoms with Gasteiger partial charge >= 0.3 is 0 Å². The molecule has 0 bridgehead atoms. The van der Waals surface area contributed by atoms with E-state index in [4.69, 9.17) is 9.47 Å². The van der Waals surface area contributed by atoms with Gasteiger partial charge in [-0.15, -0.1) is 0 Å². The first-order valence-electron chi connectivity index (χ1n) is 8.71. The molecule has 0 N–H and O–H groups in total. The zero-order valence-corrected chi connectivity index (χ0v) is 17.7. The quantitative estimate of drug-likeness (QED) is 0.617. The highest BCUT2D eigenvalue weighted by Crippen LogP contribution is 2.59. The number of hydrogen-bond acceptors (Lipinski definition) is 2. The van der Waals surface area contributed by atoms with E-state index in [0.717, 1.165) is 17.1 Å². The van der Waals surface area contributed by atoms with Crippen LogP contribution in [0.25, 0.3) is 11.1 Å². The summed E-state index contributed by atoms with van der Waals surface area (Å²) in [6.45, 7) is 14.1. The Morgan fingerprint density at radius 3 is 1.84 bits per heavy atom. The van der Waals surface area contributed by atoms with Crippen molar-refractivity contribution in [3.63, 3.8) is 0 Å². The molecule has 2 aromatic carbocycles. The van der Waals surface area contributed by atoms with Crippen molar-refractivity contribution in [1.82, 2.24) is 0 Å². The molecule has 0 aliphatic heterocycles. The van der Waals surface area contributed by atoms with E-state index in [0.29, 0.717) is 0 Å². The molecule has 0 unspecified atom stereocenters. The maximum absolute atomic E-state index is 5.66. The predicted molar refractivity (Wildman–Crippen MR) is 111 cm³/mol. The fourth-order valence-corrected chi connectivity index (χ4v) is 7.78. The molecule has 2 rings (SSSR count). The maximum atomic E-state index is 5.66. The molecule has 0 heterocycles. The molecule has 2 nitrogen and oxygen atoms in total. The summed E-state index contributed by atoms with van der Waals surface area (Å²) in [5, 5.41) is 1.83. The van der Waals surface area contributed by atoms with Crippen molar-refractivity contribution >= 4 is 13.2 Å². The summed E-state index contributed by atoms with van der Waals surface area (Å²) < 4.78 is 11.1. The van der Waals surface area contributed by atoms with Crippen LogP contribution in [-0.2, 0) is 0 Å². The highest BCUT2D eigenvalue weighted by atomic mass is 31.1. The second-order valence-electron chi connectivity index (χ2n) is 8.26. The van der Waals surface area contributed by atoms with Crippen LogP contribution in [0, 0.1) is 0 Å². The number of rotatable bonds is 4. The normalized spacial score (nSPS) is 12.4. The van der Waals surface area contributed by atoms with Crippen molar-refractivity contribution in [2.75, 3.05) is 14.2 Å². The van der Waals surface area contributed by atoms with Crippen molar-refractivity contribution in [2.24, 2.45) is 0 Å². The molecule has 2 aromatic rings. The fraction of sp³-hybridized carbons (Fsp3) is 0.455.